The van der Waals surface area contributed by atoms with Crippen molar-refractivity contribution in [2.75, 3.05) is 0 Å². The second-order valence-electron chi connectivity index (χ2n) is 4.68. The lowest BCUT2D eigenvalue weighted by atomic mass is 9.95. The van der Waals surface area contributed by atoms with Gasteiger partial charge < -0.3 is 5.11 Å². The van der Waals surface area contributed by atoms with Crippen LogP contribution in [0.4, 0.5) is 0 Å². The number of aliphatic carboxylic acids is 1. The maximum absolute atomic E-state index is 10.5. The smallest absolute Gasteiger partial charge is 0.303 e. The molecular weight excluding hydrogens is 224 g/mol. The fourth-order valence-electron chi connectivity index (χ4n) is 2.35. The summed E-state index contributed by atoms with van der Waals surface area (Å²) in [5, 5.41) is 11.2. The van der Waals surface area contributed by atoms with Crippen molar-refractivity contribution in [1.29, 1.82) is 0 Å². The third kappa shape index (κ3) is 2.89. The highest BCUT2D eigenvalue weighted by Crippen LogP contribution is 2.23. The fraction of sp³-hybridized carbons (Fsp3) is 0.312. The van der Waals surface area contributed by atoms with E-state index in [4.69, 9.17) is 5.11 Å². The SMILES string of the molecule is Cc1ccc2ccccc2c1CCCCC(=O)O. The van der Waals surface area contributed by atoms with Crippen LogP contribution in [-0.4, -0.2) is 11.1 Å². The van der Waals surface area contributed by atoms with Crippen molar-refractivity contribution < 1.29 is 9.90 Å². The molecule has 2 aromatic carbocycles. The summed E-state index contributed by atoms with van der Waals surface area (Å²) in [6, 6.07) is 12.7. The summed E-state index contributed by atoms with van der Waals surface area (Å²) >= 11 is 0. The van der Waals surface area contributed by atoms with Crippen LogP contribution in [0, 0.1) is 6.92 Å². The van der Waals surface area contributed by atoms with Gasteiger partial charge in [0.15, 0.2) is 0 Å². The summed E-state index contributed by atoms with van der Waals surface area (Å²) in [6.45, 7) is 2.12. The predicted octanol–water partition coefficient (Wildman–Crippen LogP) is 3.95. The summed E-state index contributed by atoms with van der Waals surface area (Å²) in [7, 11) is 0. The zero-order valence-corrected chi connectivity index (χ0v) is 10.6. The Morgan fingerprint density at radius 3 is 2.67 bits per heavy atom. The molecule has 0 unspecified atom stereocenters. The first-order chi connectivity index (χ1) is 8.68. The van der Waals surface area contributed by atoms with E-state index in [1.807, 2.05) is 6.07 Å². The topological polar surface area (TPSA) is 37.3 Å². The Bertz CT molecular complexity index is 558. The molecule has 2 aromatic rings. The van der Waals surface area contributed by atoms with E-state index in [2.05, 4.69) is 37.3 Å². The van der Waals surface area contributed by atoms with Gasteiger partial charge >= 0.3 is 5.97 Å². The van der Waals surface area contributed by atoms with E-state index in [1.165, 1.54) is 21.9 Å². The zero-order valence-electron chi connectivity index (χ0n) is 10.6. The first-order valence-electron chi connectivity index (χ1n) is 6.37. The molecule has 2 heteroatoms. The van der Waals surface area contributed by atoms with E-state index in [0.717, 1.165) is 19.3 Å². The molecular formula is C16H18O2. The minimum Gasteiger partial charge on any atom is -0.481 e. The second-order valence-corrected chi connectivity index (χ2v) is 4.68. The highest BCUT2D eigenvalue weighted by atomic mass is 16.4. The van der Waals surface area contributed by atoms with Crippen LogP contribution in [0.3, 0.4) is 0 Å². The van der Waals surface area contributed by atoms with E-state index < -0.39 is 5.97 Å². The maximum Gasteiger partial charge on any atom is 0.303 e. The number of unbranched alkanes of at least 4 members (excludes halogenated alkanes) is 1. The van der Waals surface area contributed by atoms with Gasteiger partial charge in [0.25, 0.3) is 0 Å². The highest BCUT2D eigenvalue weighted by Gasteiger charge is 2.05. The molecule has 0 bridgehead atoms. The van der Waals surface area contributed by atoms with Gasteiger partial charge in [-0.05, 0) is 48.1 Å². The van der Waals surface area contributed by atoms with Crippen molar-refractivity contribution in [2.24, 2.45) is 0 Å². The highest BCUT2D eigenvalue weighted by molar-refractivity contribution is 5.86. The van der Waals surface area contributed by atoms with Gasteiger partial charge in [0, 0.05) is 6.42 Å². The molecule has 1 N–H and O–H groups in total. The van der Waals surface area contributed by atoms with Gasteiger partial charge in [-0.2, -0.15) is 0 Å². The number of carboxylic acid groups (broad SMARTS) is 1. The summed E-state index contributed by atoms with van der Waals surface area (Å²) in [4.78, 5) is 10.5. The molecule has 0 saturated heterocycles. The Labute approximate surface area is 107 Å². The van der Waals surface area contributed by atoms with Gasteiger partial charge in [-0.25, -0.2) is 0 Å². The third-order valence-electron chi connectivity index (χ3n) is 3.34. The van der Waals surface area contributed by atoms with Crippen LogP contribution in [0.1, 0.15) is 30.4 Å². The van der Waals surface area contributed by atoms with Crippen LogP contribution in [-0.2, 0) is 11.2 Å². The number of carboxylic acids is 1. The molecule has 0 atom stereocenters. The fourth-order valence-corrected chi connectivity index (χ4v) is 2.35. The molecule has 2 rings (SSSR count). The van der Waals surface area contributed by atoms with E-state index in [9.17, 15) is 4.79 Å². The molecule has 0 radical (unpaired) electrons. The van der Waals surface area contributed by atoms with Crippen LogP contribution in [0.2, 0.25) is 0 Å². The molecule has 0 spiro atoms. The number of rotatable bonds is 5. The first-order valence-corrected chi connectivity index (χ1v) is 6.37. The standard InChI is InChI=1S/C16H18O2/c1-12-10-11-13-6-2-3-8-15(13)14(12)7-4-5-9-16(17)18/h2-3,6,8,10-11H,4-5,7,9H2,1H3,(H,17,18). The first kappa shape index (κ1) is 12.6. The molecule has 0 aromatic heterocycles. The van der Waals surface area contributed by atoms with Crippen LogP contribution >= 0.6 is 0 Å². The molecule has 0 saturated carbocycles. The average molecular weight is 242 g/mol. The number of benzene rings is 2. The summed E-state index contributed by atoms with van der Waals surface area (Å²) in [5.74, 6) is -0.704. The monoisotopic (exact) mass is 242 g/mol. The van der Waals surface area contributed by atoms with Crippen molar-refractivity contribution in [3.05, 3.63) is 47.5 Å². The number of aryl methyl sites for hydroxylation is 2. The largest absolute Gasteiger partial charge is 0.481 e. The van der Waals surface area contributed by atoms with Crippen molar-refractivity contribution in [3.8, 4) is 0 Å². The molecule has 94 valence electrons. The Balaban J connectivity index is 2.16. The quantitative estimate of drug-likeness (QED) is 0.806. The molecule has 0 aliphatic heterocycles. The lowest BCUT2D eigenvalue weighted by Gasteiger charge is -2.10. The second kappa shape index (κ2) is 5.67. The van der Waals surface area contributed by atoms with Gasteiger partial charge in [-0.3, -0.25) is 4.79 Å². The van der Waals surface area contributed by atoms with Gasteiger partial charge in [-0.15, -0.1) is 0 Å². The maximum atomic E-state index is 10.5. The lowest BCUT2D eigenvalue weighted by molar-refractivity contribution is -0.137. The Morgan fingerprint density at radius 2 is 1.89 bits per heavy atom. The average Bonchev–Trinajstić information content (AvgIpc) is 2.36. The predicted molar refractivity (Wildman–Crippen MR) is 73.9 cm³/mol. The molecule has 0 aliphatic rings. The van der Waals surface area contributed by atoms with Crippen LogP contribution in [0.15, 0.2) is 36.4 Å². The van der Waals surface area contributed by atoms with Crippen molar-refractivity contribution in [3.63, 3.8) is 0 Å². The number of carbonyl (C=O) groups is 1. The molecule has 2 nitrogen and oxygen atoms in total. The molecule has 0 amide bonds. The molecule has 18 heavy (non-hydrogen) atoms. The van der Waals surface area contributed by atoms with E-state index >= 15 is 0 Å². The van der Waals surface area contributed by atoms with Gasteiger partial charge in [0.1, 0.15) is 0 Å². The lowest BCUT2D eigenvalue weighted by Crippen LogP contribution is -1.96. The van der Waals surface area contributed by atoms with Crippen LogP contribution in [0.5, 0.6) is 0 Å². The normalized spacial score (nSPS) is 10.7. The number of hydrogen-bond donors (Lipinski definition) is 1. The van der Waals surface area contributed by atoms with Crippen LogP contribution < -0.4 is 0 Å². The van der Waals surface area contributed by atoms with E-state index in [-0.39, 0.29) is 6.42 Å². The minimum absolute atomic E-state index is 0.268. The van der Waals surface area contributed by atoms with Gasteiger partial charge in [0.05, 0.1) is 0 Å². The molecule has 0 aliphatic carbocycles. The Hall–Kier alpha value is -1.83. The van der Waals surface area contributed by atoms with Gasteiger partial charge in [-0.1, -0.05) is 36.4 Å². The van der Waals surface area contributed by atoms with E-state index in [1.54, 1.807) is 0 Å². The summed E-state index contributed by atoms with van der Waals surface area (Å²) in [6.07, 6.45) is 2.91. The zero-order chi connectivity index (χ0) is 13.0. The molecule has 0 heterocycles. The minimum atomic E-state index is -0.704. The van der Waals surface area contributed by atoms with Crippen molar-refractivity contribution in [1.82, 2.24) is 0 Å². The third-order valence-corrected chi connectivity index (χ3v) is 3.34. The Kier molecular flexibility index (Phi) is 3.98. The van der Waals surface area contributed by atoms with Gasteiger partial charge in [0.2, 0.25) is 0 Å². The van der Waals surface area contributed by atoms with Crippen molar-refractivity contribution >= 4 is 16.7 Å². The molecule has 0 fully saturated rings. The van der Waals surface area contributed by atoms with E-state index in [0.29, 0.717) is 0 Å². The summed E-state index contributed by atoms with van der Waals surface area (Å²) < 4.78 is 0. The Morgan fingerprint density at radius 1 is 1.11 bits per heavy atom. The van der Waals surface area contributed by atoms with Crippen molar-refractivity contribution in [2.45, 2.75) is 32.6 Å². The number of fused-ring (bicyclic) bond motifs is 1. The summed E-state index contributed by atoms with van der Waals surface area (Å²) in [5.41, 5.74) is 2.66. The number of hydrogen-bond acceptors (Lipinski definition) is 1. The van der Waals surface area contributed by atoms with Crippen LogP contribution in [0.25, 0.3) is 10.8 Å².